The van der Waals surface area contributed by atoms with Gasteiger partial charge >= 0.3 is 0 Å². The summed E-state index contributed by atoms with van der Waals surface area (Å²) < 4.78 is 11.3. The van der Waals surface area contributed by atoms with E-state index in [4.69, 9.17) is 9.47 Å². The van der Waals surface area contributed by atoms with Crippen molar-refractivity contribution in [3.05, 3.63) is 95.6 Å². The normalized spacial score (nSPS) is 12.1. The number of hydrogen-bond donors (Lipinski definition) is 1. The number of nitrogens with one attached hydrogen (secondary N) is 1. The summed E-state index contributed by atoms with van der Waals surface area (Å²) in [5.41, 5.74) is 2.58. The van der Waals surface area contributed by atoms with Crippen molar-refractivity contribution in [1.82, 2.24) is 10.2 Å². The lowest BCUT2D eigenvalue weighted by Gasteiger charge is -2.33. The zero-order valence-corrected chi connectivity index (χ0v) is 23.4. The fourth-order valence-electron chi connectivity index (χ4n) is 4.15. The molecule has 0 saturated carbocycles. The second-order valence-electron chi connectivity index (χ2n) is 10.8. The Hall–Kier alpha value is -3.80. The first-order valence-corrected chi connectivity index (χ1v) is 13.1. The number of carbonyl (C=O) groups is 2. The molecule has 0 radical (unpaired) electrons. The highest BCUT2D eigenvalue weighted by molar-refractivity contribution is 5.89. The molecular weight excluding hydrogens is 476 g/mol. The minimum atomic E-state index is -0.734. The van der Waals surface area contributed by atoms with Gasteiger partial charge in [0.25, 0.3) is 5.91 Å². The van der Waals surface area contributed by atoms with Gasteiger partial charge in [0.05, 0.1) is 7.11 Å². The van der Waals surface area contributed by atoms with Gasteiger partial charge in [-0.15, -0.1) is 0 Å². The minimum absolute atomic E-state index is 0.181. The van der Waals surface area contributed by atoms with E-state index in [2.05, 4.69) is 19.2 Å². The van der Waals surface area contributed by atoms with Crippen LogP contribution in [-0.2, 0) is 22.6 Å². The molecule has 0 heterocycles. The van der Waals surface area contributed by atoms with Crippen molar-refractivity contribution >= 4 is 11.8 Å². The molecule has 3 aromatic rings. The Morgan fingerprint density at radius 2 is 1.53 bits per heavy atom. The summed E-state index contributed by atoms with van der Waals surface area (Å²) in [5.74, 6) is 1.23. The van der Waals surface area contributed by atoms with Gasteiger partial charge in [0.2, 0.25) is 5.91 Å². The van der Waals surface area contributed by atoms with Gasteiger partial charge in [-0.25, -0.2) is 0 Å². The molecule has 0 aromatic heterocycles. The molecule has 202 valence electrons. The van der Waals surface area contributed by atoms with Crippen LogP contribution in [0.15, 0.2) is 78.9 Å². The molecule has 0 spiro atoms. The van der Waals surface area contributed by atoms with Crippen LogP contribution in [0, 0.1) is 0 Å². The first kappa shape index (κ1) is 28.8. The van der Waals surface area contributed by atoms with Gasteiger partial charge in [0, 0.05) is 18.5 Å². The van der Waals surface area contributed by atoms with E-state index in [1.807, 2.05) is 99.6 Å². The van der Waals surface area contributed by atoms with Crippen molar-refractivity contribution in [3.8, 4) is 11.5 Å². The fraction of sp³-hybridized carbons (Fsp3) is 0.375. The Kier molecular flexibility index (Phi) is 9.94. The van der Waals surface area contributed by atoms with E-state index < -0.39 is 11.6 Å². The second kappa shape index (κ2) is 13.1. The van der Waals surface area contributed by atoms with E-state index in [0.29, 0.717) is 23.8 Å². The Morgan fingerprint density at radius 1 is 0.868 bits per heavy atom. The summed E-state index contributed by atoms with van der Waals surface area (Å²) in [4.78, 5) is 29.0. The van der Waals surface area contributed by atoms with Crippen LogP contribution in [0.1, 0.15) is 57.2 Å². The maximum absolute atomic E-state index is 13.7. The average Bonchev–Trinajstić information content (AvgIpc) is 2.89. The molecule has 1 N–H and O–H groups in total. The topological polar surface area (TPSA) is 67.9 Å². The van der Waals surface area contributed by atoms with Crippen molar-refractivity contribution in [1.29, 1.82) is 0 Å². The van der Waals surface area contributed by atoms with Crippen molar-refractivity contribution in [2.45, 2.75) is 65.1 Å². The Bertz CT molecular complexity index is 1180. The number of benzene rings is 3. The fourth-order valence-corrected chi connectivity index (χ4v) is 4.15. The molecule has 2 amide bonds. The van der Waals surface area contributed by atoms with Crippen molar-refractivity contribution in [2.24, 2.45) is 0 Å². The van der Waals surface area contributed by atoms with Gasteiger partial charge < -0.3 is 19.7 Å². The summed E-state index contributed by atoms with van der Waals surface area (Å²) in [6, 6.07) is 24.3. The van der Waals surface area contributed by atoms with Gasteiger partial charge in [-0.2, -0.15) is 0 Å². The molecule has 0 aliphatic heterocycles. The van der Waals surface area contributed by atoms with Crippen molar-refractivity contribution in [2.75, 3.05) is 13.7 Å². The van der Waals surface area contributed by atoms with Gasteiger partial charge in [0.15, 0.2) is 6.61 Å². The van der Waals surface area contributed by atoms with Crippen LogP contribution in [0.3, 0.4) is 0 Å². The Labute approximate surface area is 227 Å². The highest BCUT2D eigenvalue weighted by atomic mass is 16.5. The van der Waals surface area contributed by atoms with E-state index in [0.717, 1.165) is 11.1 Å². The molecule has 0 unspecified atom stereocenters. The average molecular weight is 517 g/mol. The highest BCUT2D eigenvalue weighted by Gasteiger charge is 2.32. The summed E-state index contributed by atoms with van der Waals surface area (Å²) in [6.45, 7) is 10.1. The minimum Gasteiger partial charge on any atom is -0.497 e. The monoisotopic (exact) mass is 516 g/mol. The predicted octanol–water partition coefficient (Wildman–Crippen LogP) is 5.75. The third-order valence-corrected chi connectivity index (χ3v) is 6.17. The number of rotatable bonds is 11. The van der Waals surface area contributed by atoms with E-state index in [1.165, 1.54) is 5.56 Å². The summed E-state index contributed by atoms with van der Waals surface area (Å²) >= 11 is 0. The van der Waals surface area contributed by atoms with E-state index in [-0.39, 0.29) is 25.0 Å². The van der Waals surface area contributed by atoms with E-state index in [1.54, 1.807) is 12.0 Å². The number of nitrogens with zero attached hydrogens (tertiary/aromatic N) is 1. The van der Waals surface area contributed by atoms with Gasteiger partial charge in [-0.3, -0.25) is 9.59 Å². The van der Waals surface area contributed by atoms with Crippen LogP contribution in [0.2, 0.25) is 0 Å². The largest absolute Gasteiger partial charge is 0.497 e. The molecule has 1 atom stereocenters. The van der Waals surface area contributed by atoms with Crippen LogP contribution in [0.25, 0.3) is 0 Å². The first-order valence-electron chi connectivity index (χ1n) is 13.1. The molecule has 6 nitrogen and oxygen atoms in total. The van der Waals surface area contributed by atoms with Crippen LogP contribution in [-0.4, -0.2) is 42.0 Å². The standard InChI is InChI=1S/C32H40N2O4/c1-23(2)26-15-17-27(18-16-26)38-22-30(35)34(21-25-13-10-14-28(19-25)37-6)29(31(36)33-32(3,4)5)20-24-11-8-7-9-12-24/h7-19,23,29H,20-22H2,1-6H3,(H,33,36)/t29-/m1/s1. The van der Waals surface area contributed by atoms with Crippen LogP contribution < -0.4 is 14.8 Å². The molecular formula is C32H40N2O4. The summed E-state index contributed by atoms with van der Waals surface area (Å²) in [7, 11) is 1.61. The smallest absolute Gasteiger partial charge is 0.261 e. The molecule has 0 bridgehead atoms. The molecule has 0 fully saturated rings. The zero-order valence-electron chi connectivity index (χ0n) is 23.4. The SMILES string of the molecule is COc1cccc(CN(C(=O)COc2ccc(C(C)C)cc2)[C@H](Cc2ccccc2)C(=O)NC(C)(C)C)c1. The van der Waals surface area contributed by atoms with Crippen LogP contribution >= 0.6 is 0 Å². The lowest BCUT2D eigenvalue weighted by atomic mass is 10.0. The third-order valence-electron chi connectivity index (χ3n) is 6.17. The Balaban J connectivity index is 1.92. The van der Waals surface area contributed by atoms with Crippen LogP contribution in [0.4, 0.5) is 0 Å². The van der Waals surface area contributed by atoms with E-state index in [9.17, 15) is 9.59 Å². The number of ether oxygens (including phenoxy) is 2. The second-order valence-corrected chi connectivity index (χ2v) is 10.8. The highest BCUT2D eigenvalue weighted by Crippen LogP contribution is 2.21. The van der Waals surface area contributed by atoms with E-state index >= 15 is 0 Å². The maximum Gasteiger partial charge on any atom is 0.261 e. The van der Waals surface area contributed by atoms with Crippen molar-refractivity contribution in [3.63, 3.8) is 0 Å². The maximum atomic E-state index is 13.7. The molecule has 6 heteroatoms. The third kappa shape index (κ3) is 8.65. The lowest BCUT2D eigenvalue weighted by Crippen LogP contribution is -2.55. The quantitative estimate of drug-likeness (QED) is 0.352. The molecule has 0 aliphatic carbocycles. The zero-order chi connectivity index (χ0) is 27.7. The molecule has 0 saturated heterocycles. The van der Waals surface area contributed by atoms with Gasteiger partial charge in [-0.1, -0.05) is 68.4 Å². The summed E-state index contributed by atoms with van der Waals surface area (Å²) in [6.07, 6.45) is 0.377. The predicted molar refractivity (Wildman–Crippen MR) is 151 cm³/mol. The number of amides is 2. The number of carbonyl (C=O) groups excluding carboxylic acids is 2. The molecule has 0 aliphatic rings. The van der Waals surface area contributed by atoms with Crippen LogP contribution in [0.5, 0.6) is 11.5 Å². The molecule has 3 rings (SSSR count). The molecule has 38 heavy (non-hydrogen) atoms. The van der Waals surface area contributed by atoms with Gasteiger partial charge in [-0.05, 0) is 67.6 Å². The first-order chi connectivity index (χ1) is 18.1. The number of hydrogen-bond acceptors (Lipinski definition) is 4. The Morgan fingerprint density at radius 3 is 2.13 bits per heavy atom. The molecule has 3 aromatic carbocycles. The lowest BCUT2D eigenvalue weighted by molar-refractivity contribution is -0.143. The number of methoxy groups -OCH3 is 1. The summed E-state index contributed by atoms with van der Waals surface area (Å²) in [5, 5.41) is 3.08. The van der Waals surface area contributed by atoms with Gasteiger partial charge in [0.1, 0.15) is 17.5 Å². The van der Waals surface area contributed by atoms with Crippen molar-refractivity contribution < 1.29 is 19.1 Å².